The fourth-order valence-corrected chi connectivity index (χ4v) is 1.54. The van der Waals surface area contributed by atoms with E-state index < -0.39 is 17.5 Å². The lowest BCUT2D eigenvalue weighted by atomic mass is 10.0. The van der Waals surface area contributed by atoms with Crippen molar-refractivity contribution >= 4 is 11.9 Å². The molecule has 0 fully saturated rings. The Kier molecular flexibility index (Phi) is 6.75. The first-order chi connectivity index (χ1) is 8.46. The third kappa shape index (κ3) is 3.56. The highest BCUT2D eigenvalue weighted by Gasteiger charge is 2.50. The van der Waals surface area contributed by atoms with Crippen molar-refractivity contribution in [1.82, 2.24) is 4.57 Å². The van der Waals surface area contributed by atoms with Gasteiger partial charge >= 0.3 is 17.5 Å². The molecular weight excluding hydrogens is 316 g/mol. The van der Waals surface area contributed by atoms with Crippen molar-refractivity contribution in [3.63, 3.8) is 0 Å². The largest absolute Gasteiger partial charge is 1.00 e. The fourth-order valence-electron chi connectivity index (χ4n) is 1.54. The molecule has 1 unspecified atom stereocenters. The van der Waals surface area contributed by atoms with Crippen LogP contribution in [0, 0.1) is 0 Å². The minimum absolute atomic E-state index is 0. The van der Waals surface area contributed by atoms with E-state index in [4.69, 9.17) is 9.47 Å². The first-order valence-corrected chi connectivity index (χ1v) is 5.76. The van der Waals surface area contributed by atoms with Crippen LogP contribution in [0.3, 0.4) is 0 Å². The van der Waals surface area contributed by atoms with Crippen LogP contribution in [-0.2, 0) is 31.6 Å². The van der Waals surface area contributed by atoms with Crippen LogP contribution in [0.25, 0.3) is 0 Å². The van der Waals surface area contributed by atoms with Crippen LogP contribution < -0.4 is 21.5 Å². The van der Waals surface area contributed by atoms with Gasteiger partial charge in [-0.3, -0.25) is 0 Å². The van der Waals surface area contributed by atoms with E-state index in [1.807, 2.05) is 6.92 Å². The Balaban J connectivity index is 0.00000324. The summed E-state index contributed by atoms with van der Waals surface area (Å²) in [6, 6.07) is 0. The van der Waals surface area contributed by atoms with Crippen LogP contribution in [0.15, 0.2) is 18.7 Å². The molecule has 108 valence electrons. The van der Waals surface area contributed by atoms with Crippen molar-refractivity contribution in [2.24, 2.45) is 7.05 Å². The summed E-state index contributed by atoms with van der Waals surface area (Å²) in [6.07, 6.45) is 5.69. The van der Waals surface area contributed by atoms with Crippen molar-refractivity contribution in [2.45, 2.75) is 25.8 Å². The van der Waals surface area contributed by atoms with Crippen LogP contribution in [0.2, 0.25) is 0 Å². The molecule has 0 aliphatic carbocycles. The summed E-state index contributed by atoms with van der Waals surface area (Å²) >= 11 is 0. The summed E-state index contributed by atoms with van der Waals surface area (Å²) in [5.41, 5.74) is -1.49. The fraction of sp³-hybridized carbons (Fsp3) is 0.583. The van der Waals surface area contributed by atoms with Gasteiger partial charge in [0.15, 0.2) is 0 Å². The third-order valence-electron chi connectivity index (χ3n) is 2.70. The molecule has 0 spiro atoms. The molecule has 0 saturated carbocycles. The molecular formula is C12H19BrN2O4. The molecule has 0 saturated heterocycles. The quantitative estimate of drug-likeness (QED) is 0.330. The number of carbonyl (C=O) groups excluding carboxylic acids is 2. The second-order valence-corrected chi connectivity index (χ2v) is 4.19. The predicted molar refractivity (Wildman–Crippen MR) is 62.5 cm³/mol. The Bertz CT molecular complexity index is 447. The van der Waals surface area contributed by atoms with E-state index in [9.17, 15) is 9.59 Å². The van der Waals surface area contributed by atoms with Gasteiger partial charge in [-0.15, -0.1) is 0 Å². The van der Waals surface area contributed by atoms with Crippen molar-refractivity contribution in [1.29, 1.82) is 0 Å². The standard InChI is InChI=1S/C12H19N2O4.BrH/c1-5-8-18-11(16)12(2,10(15)17-4)14-7-6-13(3)9-14;/h6-7,9H,5,8H2,1-4H3;1H/q+1;/p-1. The number of ether oxygens (including phenoxy) is 2. The van der Waals surface area contributed by atoms with Gasteiger partial charge in [0.2, 0.25) is 6.33 Å². The average molecular weight is 335 g/mol. The number of hydrogen-bond acceptors (Lipinski definition) is 4. The number of carbonyl (C=O) groups is 2. The SMILES string of the molecule is CCCOC(=O)C(C)(C(=O)OC)n1cc[n+](C)c1.[Br-]. The summed E-state index contributed by atoms with van der Waals surface area (Å²) in [6.45, 7) is 3.65. The van der Waals surface area contributed by atoms with Crippen LogP contribution in [0.1, 0.15) is 20.3 Å². The molecule has 0 radical (unpaired) electrons. The van der Waals surface area contributed by atoms with Gasteiger partial charge in [0.05, 0.1) is 20.8 Å². The van der Waals surface area contributed by atoms with E-state index in [2.05, 4.69) is 0 Å². The van der Waals surface area contributed by atoms with Gasteiger partial charge in [0, 0.05) is 6.92 Å². The molecule has 1 aromatic rings. The molecule has 1 heterocycles. The average Bonchev–Trinajstić information content (AvgIpc) is 2.80. The molecule has 0 N–H and O–H groups in total. The topological polar surface area (TPSA) is 61.4 Å². The van der Waals surface area contributed by atoms with E-state index in [0.717, 1.165) is 0 Å². The summed E-state index contributed by atoms with van der Waals surface area (Å²) in [7, 11) is 3.04. The Morgan fingerprint density at radius 2 is 2.00 bits per heavy atom. The van der Waals surface area contributed by atoms with E-state index in [-0.39, 0.29) is 23.6 Å². The summed E-state index contributed by atoms with van der Waals surface area (Å²) in [5, 5.41) is 0. The van der Waals surface area contributed by atoms with Gasteiger partial charge < -0.3 is 26.5 Å². The summed E-state index contributed by atoms with van der Waals surface area (Å²) < 4.78 is 13.0. The van der Waals surface area contributed by atoms with Crippen molar-refractivity contribution < 1.29 is 40.6 Å². The predicted octanol–water partition coefficient (Wildman–Crippen LogP) is -2.84. The molecule has 7 heteroatoms. The number of halogens is 1. The van der Waals surface area contributed by atoms with E-state index in [0.29, 0.717) is 6.42 Å². The Hall–Kier alpha value is -1.37. The molecule has 1 atom stereocenters. The Morgan fingerprint density at radius 1 is 1.37 bits per heavy atom. The van der Waals surface area contributed by atoms with Gasteiger partial charge in [-0.05, 0) is 6.42 Å². The zero-order valence-electron chi connectivity index (χ0n) is 11.6. The number of hydrogen-bond donors (Lipinski definition) is 0. The minimum atomic E-state index is -1.49. The molecule has 0 amide bonds. The molecule has 0 aromatic carbocycles. The first kappa shape index (κ1) is 17.6. The molecule has 1 aromatic heterocycles. The smallest absolute Gasteiger partial charge is 0.366 e. The number of aryl methyl sites for hydroxylation is 1. The van der Waals surface area contributed by atoms with E-state index in [1.165, 1.54) is 18.6 Å². The zero-order chi connectivity index (χ0) is 13.8. The highest BCUT2D eigenvalue weighted by Crippen LogP contribution is 2.19. The first-order valence-electron chi connectivity index (χ1n) is 5.76. The van der Waals surface area contributed by atoms with Crippen molar-refractivity contribution in [2.75, 3.05) is 13.7 Å². The van der Waals surface area contributed by atoms with Crippen LogP contribution in [0.5, 0.6) is 0 Å². The lowest BCUT2D eigenvalue weighted by Crippen LogP contribution is -3.00. The number of nitrogens with zero attached hydrogens (tertiary/aromatic N) is 2. The van der Waals surface area contributed by atoms with E-state index >= 15 is 0 Å². The maximum absolute atomic E-state index is 12.1. The second-order valence-electron chi connectivity index (χ2n) is 4.19. The normalized spacial score (nSPS) is 13.1. The van der Waals surface area contributed by atoms with Gasteiger partial charge in [0.1, 0.15) is 12.4 Å². The highest BCUT2D eigenvalue weighted by atomic mass is 79.9. The molecule has 1 rings (SSSR count). The number of imidazole rings is 1. The second kappa shape index (κ2) is 7.28. The maximum Gasteiger partial charge on any atom is 0.366 e. The Morgan fingerprint density at radius 3 is 2.42 bits per heavy atom. The molecule has 6 nitrogen and oxygen atoms in total. The van der Waals surface area contributed by atoms with Crippen LogP contribution >= 0.6 is 0 Å². The van der Waals surface area contributed by atoms with Crippen molar-refractivity contribution in [3.05, 3.63) is 18.7 Å². The third-order valence-corrected chi connectivity index (χ3v) is 2.70. The van der Waals surface area contributed by atoms with Crippen LogP contribution in [-0.4, -0.2) is 30.2 Å². The zero-order valence-corrected chi connectivity index (χ0v) is 13.1. The Labute approximate surface area is 123 Å². The van der Waals surface area contributed by atoms with Gasteiger partial charge in [0.25, 0.3) is 0 Å². The maximum atomic E-state index is 12.1. The monoisotopic (exact) mass is 334 g/mol. The summed E-state index contributed by atoms with van der Waals surface area (Å²) in [4.78, 5) is 24.0. The molecule has 0 aliphatic heterocycles. The lowest BCUT2D eigenvalue weighted by Gasteiger charge is -2.21. The molecule has 19 heavy (non-hydrogen) atoms. The minimum Gasteiger partial charge on any atom is -1.00 e. The lowest BCUT2D eigenvalue weighted by molar-refractivity contribution is -0.671. The van der Waals surface area contributed by atoms with E-state index in [1.54, 1.807) is 30.3 Å². The summed E-state index contributed by atoms with van der Waals surface area (Å²) in [5.74, 6) is -1.27. The molecule has 0 aliphatic rings. The molecule has 0 bridgehead atoms. The number of methoxy groups -OCH3 is 1. The number of aromatic nitrogens is 2. The number of rotatable bonds is 5. The van der Waals surface area contributed by atoms with Gasteiger partial charge in [-0.1, -0.05) is 6.92 Å². The van der Waals surface area contributed by atoms with Gasteiger partial charge in [-0.2, -0.15) is 0 Å². The van der Waals surface area contributed by atoms with Crippen LogP contribution in [0.4, 0.5) is 0 Å². The van der Waals surface area contributed by atoms with Crippen molar-refractivity contribution in [3.8, 4) is 0 Å². The van der Waals surface area contributed by atoms with Gasteiger partial charge in [-0.25, -0.2) is 18.7 Å². The highest BCUT2D eigenvalue weighted by molar-refractivity contribution is 6.01. The number of esters is 2.